The zero-order chi connectivity index (χ0) is 15.7. The number of aromatic carboxylic acids is 1. The van der Waals surface area contributed by atoms with Gasteiger partial charge in [-0.05, 0) is 30.7 Å². The van der Waals surface area contributed by atoms with Crippen LogP contribution in [0.2, 0.25) is 0 Å². The largest absolute Gasteiger partial charge is 0.493 e. The molecule has 1 unspecified atom stereocenters. The SMILES string of the molecule is COc1c(F)cc(C(C)F)cc1-c1cc(C(=O)O)nn1C. The molecule has 0 aliphatic rings. The number of halogens is 2. The minimum absolute atomic E-state index is 0.0839. The van der Waals surface area contributed by atoms with E-state index >= 15 is 0 Å². The molecule has 0 radical (unpaired) electrons. The fourth-order valence-corrected chi connectivity index (χ4v) is 2.07. The van der Waals surface area contributed by atoms with E-state index in [2.05, 4.69) is 5.10 Å². The van der Waals surface area contributed by atoms with Gasteiger partial charge in [0.15, 0.2) is 17.3 Å². The zero-order valence-corrected chi connectivity index (χ0v) is 11.7. The summed E-state index contributed by atoms with van der Waals surface area (Å²) in [6.07, 6.45) is -1.36. The average Bonchev–Trinajstić information content (AvgIpc) is 2.79. The summed E-state index contributed by atoms with van der Waals surface area (Å²) in [5, 5.41) is 12.8. The van der Waals surface area contributed by atoms with Crippen LogP contribution in [-0.2, 0) is 7.05 Å². The van der Waals surface area contributed by atoms with Crippen LogP contribution in [0.25, 0.3) is 11.3 Å². The molecule has 0 fully saturated rings. The predicted octanol–water partition coefficient (Wildman–Crippen LogP) is 2.96. The number of alkyl halides is 1. The summed E-state index contributed by atoms with van der Waals surface area (Å²) in [7, 11) is 2.81. The van der Waals surface area contributed by atoms with Crippen LogP contribution < -0.4 is 4.74 Å². The standard InChI is InChI=1S/C14H14F2N2O3/c1-7(15)8-4-9(13(21-3)10(16)5-8)12-6-11(14(19)20)17-18(12)2/h4-7H,1-3H3,(H,19,20). The van der Waals surface area contributed by atoms with Crippen molar-refractivity contribution < 1.29 is 23.4 Å². The topological polar surface area (TPSA) is 64.3 Å². The highest BCUT2D eigenvalue weighted by Crippen LogP contribution is 2.36. The highest BCUT2D eigenvalue weighted by atomic mass is 19.1. The van der Waals surface area contributed by atoms with Gasteiger partial charge in [0.2, 0.25) is 0 Å². The van der Waals surface area contributed by atoms with Gasteiger partial charge >= 0.3 is 5.97 Å². The second kappa shape index (κ2) is 5.51. The third kappa shape index (κ3) is 2.72. The van der Waals surface area contributed by atoms with Crippen molar-refractivity contribution in [1.29, 1.82) is 0 Å². The van der Waals surface area contributed by atoms with Crippen LogP contribution in [0.4, 0.5) is 8.78 Å². The third-order valence-electron chi connectivity index (χ3n) is 3.10. The van der Waals surface area contributed by atoms with Gasteiger partial charge in [-0.3, -0.25) is 4.68 Å². The second-order valence-corrected chi connectivity index (χ2v) is 4.54. The summed E-state index contributed by atoms with van der Waals surface area (Å²) in [5.41, 5.74) is 0.528. The first kappa shape index (κ1) is 15.0. The van der Waals surface area contributed by atoms with Gasteiger partial charge in [0, 0.05) is 12.6 Å². The molecule has 0 aliphatic carbocycles. The molecule has 0 saturated carbocycles. The van der Waals surface area contributed by atoms with Gasteiger partial charge in [-0.25, -0.2) is 13.6 Å². The molecule has 2 aromatic rings. The highest BCUT2D eigenvalue weighted by molar-refractivity contribution is 5.87. The van der Waals surface area contributed by atoms with E-state index in [1.165, 1.54) is 37.9 Å². The van der Waals surface area contributed by atoms with E-state index in [0.29, 0.717) is 5.69 Å². The Labute approximate surface area is 119 Å². The predicted molar refractivity (Wildman–Crippen MR) is 71.6 cm³/mol. The Morgan fingerprint density at radius 2 is 2.10 bits per heavy atom. The van der Waals surface area contributed by atoms with Crippen molar-refractivity contribution >= 4 is 5.97 Å². The molecule has 1 N–H and O–H groups in total. The smallest absolute Gasteiger partial charge is 0.356 e. The Morgan fingerprint density at radius 1 is 1.43 bits per heavy atom. The van der Waals surface area contributed by atoms with Crippen molar-refractivity contribution in [2.45, 2.75) is 13.1 Å². The van der Waals surface area contributed by atoms with Crippen molar-refractivity contribution in [3.8, 4) is 17.0 Å². The molecule has 0 spiro atoms. The quantitative estimate of drug-likeness (QED) is 0.942. The molecule has 1 aromatic carbocycles. The lowest BCUT2D eigenvalue weighted by Gasteiger charge is -2.13. The number of carboxylic acids is 1. The minimum atomic E-state index is -1.36. The third-order valence-corrected chi connectivity index (χ3v) is 3.10. The van der Waals surface area contributed by atoms with Crippen LogP contribution in [0.1, 0.15) is 29.1 Å². The molecular formula is C14H14F2N2O3. The Morgan fingerprint density at radius 3 is 2.57 bits per heavy atom. The lowest BCUT2D eigenvalue weighted by Crippen LogP contribution is -2.01. The van der Waals surface area contributed by atoms with E-state index in [4.69, 9.17) is 9.84 Å². The number of rotatable bonds is 4. The Hall–Kier alpha value is -2.44. The van der Waals surface area contributed by atoms with Crippen molar-refractivity contribution in [2.24, 2.45) is 7.05 Å². The van der Waals surface area contributed by atoms with Crippen LogP contribution in [0.5, 0.6) is 5.75 Å². The van der Waals surface area contributed by atoms with Crippen molar-refractivity contribution in [3.05, 3.63) is 35.3 Å². The number of aryl methyl sites for hydroxylation is 1. The minimum Gasteiger partial charge on any atom is -0.493 e. The zero-order valence-electron chi connectivity index (χ0n) is 11.7. The number of hydrogen-bond donors (Lipinski definition) is 1. The summed E-state index contributed by atoms with van der Waals surface area (Å²) in [6, 6.07) is 3.77. The van der Waals surface area contributed by atoms with Crippen molar-refractivity contribution in [1.82, 2.24) is 9.78 Å². The molecule has 2 rings (SSSR count). The summed E-state index contributed by atoms with van der Waals surface area (Å²) in [4.78, 5) is 11.0. The van der Waals surface area contributed by atoms with Crippen LogP contribution in [0.15, 0.2) is 18.2 Å². The molecule has 112 valence electrons. The molecule has 7 heteroatoms. The van der Waals surface area contributed by atoms with Gasteiger partial charge in [-0.15, -0.1) is 0 Å². The highest BCUT2D eigenvalue weighted by Gasteiger charge is 2.20. The number of carboxylic acid groups (broad SMARTS) is 1. The van der Waals surface area contributed by atoms with Gasteiger partial charge in [0.1, 0.15) is 6.17 Å². The normalized spacial score (nSPS) is 12.2. The maximum Gasteiger partial charge on any atom is 0.356 e. The van der Waals surface area contributed by atoms with Crippen LogP contribution in [0, 0.1) is 5.82 Å². The van der Waals surface area contributed by atoms with Crippen LogP contribution in [-0.4, -0.2) is 28.0 Å². The van der Waals surface area contributed by atoms with E-state index < -0.39 is 18.0 Å². The number of methoxy groups -OCH3 is 1. The fraction of sp³-hybridized carbons (Fsp3) is 0.286. The van der Waals surface area contributed by atoms with E-state index in [1.807, 2.05) is 0 Å². The van der Waals surface area contributed by atoms with Gasteiger partial charge < -0.3 is 9.84 Å². The van der Waals surface area contributed by atoms with E-state index in [9.17, 15) is 13.6 Å². The van der Waals surface area contributed by atoms with E-state index in [1.54, 1.807) is 0 Å². The number of carbonyl (C=O) groups is 1. The van der Waals surface area contributed by atoms with Gasteiger partial charge in [0.25, 0.3) is 0 Å². The van der Waals surface area contributed by atoms with Crippen LogP contribution >= 0.6 is 0 Å². The van der Waals surface area contributed by atoms with E-state index in [-0.39, 0.29) is 22.6 Å². The molecule has 1 aromatic heterocycles. The number of ether oxygens (including phenoxy) is 1. The maximum absolute atomic E-state index is 14.0. The Bertz CT molecular complexity index is 696. The number of aromatic nitrogens is 2. The molecule has 0 amide bonds. The van der Waals surface area contributed by atoms with Gasteiger partial charge in [-0.1, -0.05) is 0 Å². The molecule has 5 nitrogen and oxygen atoms in total. The first-order valence-electron chi connectivity index (χ1n) is 6.14. The molecule has 0 aliphatic heterocycles. The summed E-state index contributed by atoms with van der Waals surface area (Å²) in [6.45, 7) is 1.29. The number of benzene rings is 1. The summed E-state index contributed by atoms with van der Waals surface area (Å²) >= 11 is 0. The summed E-state index contributed by atoms with van der Waals surface area (Å²) < 4.78 is 33.8. The summed E-state index contributed by atoms with van der Waals surface area (Å²) in [5.74, 6) is -2.00. The first-order chi connectivity index (χ1) is 9.85. The number of nitrogens with zero attached hydrogens (tertiary/aromatic N) is 2. The van der Waals surface area contributed by atoms with Crippen molar-refractivity contribution in [3.63, 3.8) is 0 Å². The molecule has 21 heavy (non-hydrogen) atoms. The Kier molecular flexibility index (Phi) is 3.93. The van der Waals surface area contributed by atoms with Crippen LogP contribution in [0.3, 0.4) is 0 Å². The molecule has 1 heterocycles. The number of hydrogen-bond acceptors (Lipinski definition) is 3. The average molecular weight is 296 g/mol. The maximum atomic E-state index is 14.0. The van der Waals surface area contributed by atoms with Crippen molar-refractivity contribution in [2.75, 3.05) is 7.11 Å². The lowest BCUT2D eigenvalue weighted by atomic mass is 10.0. The fourth-order valence-electron chi connectivity index (χ4n) is 2.07. The molecular weight excluding hydrogens is 282 g/mol. The second-order valence-electron chi connectivity index (χ2n) is 4.54. The molecule has 1 atom stereocenters. The lowest BCUT2D eigenvalue weighted by molar-refractivity contribution is 0.0689. The molecule has 0 bridgehead atoms. The Balaban J connectivity index is 2.69. The van der Waals surface area contributed by atoms with E-state index in [0.717, 1.165) is 6.07 Å². The van der Waals surface area contributed by atoms with Gasteiger partial charge in [-0.2, -0.15) is 5.10 Å². The van der Waals surface area contributed by atoms with Gasteiger partial charge in [0.05, 0.1) is 12.8 Å². The monoisotopic (exact) mass is 296 g/mol. The molecule has 0 saturated heterocycles. The first-order valence-corrected chi connectivity index (χ1v) is 6.14.